The van der Waals surface area contributed by atoms with Gasteiger partial charge in [0.05, 0.1) is 6.54 Å². The Labute approximate surface area is 123 Å². The average Bonchev–Trinajstić information content (AvgIpc) is 2.95. The Morgan fingerprint density at radius 1 is 1.33 bits per heavy atom. The smallest absolute Gasteiger partial charge is 0.164 e. The molecule has 1 aromatic heterocycles. The first-order valence-electron chi connectivity index (χ1n) is 6.86. The summed E-state index contributed by atoms with van der Waals surface area (Å²) in [4.78, 5) is 2.63. The second-order valence-corrected chi connectivity index (χ2v) is 6.45. The Kier molecular flexibility index (Phi) is 5.51. The number of nitrogens with one attached hydrogen (secondary N) is 1. The summed E-state index contributed by atoms with van der Waals surface area (Å²) in [5, 5.41) is 3.53. The molecule has 1 aliphatic rings. The summed E-state index contributed by atoms with van der Waals surface area (Å²) in [7, 11) is 0. The summed E-state index contributed by atoms with van der Waals surface area (Å²) in [5.74, 6) is 1.73. The van der Waals surface area contributed by atoms with Gasteiger partial charge in [-0.1, -0.05) is 13.8 Å². The molecular formula is C14H23IN2O. The van der Waals surface area contributed by atoms with Crippen LogP contribution in [0.2, 0.25) is 0 Å². The minimum Gasteiger partial charge on any atom is -0.454 e. The largest absolute Gasteiger partial charge is 0.454 e. The highest BCUT2D eigenvalue weighted by molar-refractivity contribution is 14.1. The highest BCUT2D eigenvalue weighted by Gasteiger charge is 2.24. The highest BCUT2D eigenvalue weighted by atomic mass is 127. The number of nitrogens with zero attached hydrogens (tertiary/aromatic N) is 1. The number of rotatable bonds is 6. The van der Waals surface area contributed by atoms with Crippen LogP contribution in [0.25, 0.3) is 0 Å². The fourth-order valence-electron chi connectivity index (χ4n) is 2.65. The van der Waals surface area contributed by atoms with Gasteiger partial charge in [-0.3, -0.25) is 4.90 Å². The van der Waals surface area contributed by atoms with Crippen molar-refractivity contribution in [3.8, 4) is 0 Å². The average molecular weight is 362 g/mol. The first kappa shape index (κ1) is 14.3. The number of hydrogen-bond donors (Lipinski definition) is 1. The first-order chi connectivity index (χ1) is 8.66. The van der Waals surface area contributed by atoms with Gasteiger partial charge in [0.2, 0.25) is 0 Å². The van der Waals surface area contributed by atoms with Crippen molar-refractivity contribution in [1.29, 1.82) is 0 Å². The molecule has 0 saturated carbocycles. The van der Waals surface area contributed by atoms with Crippen molar-refractivity contribution in [2.75, 3.05) is 19.6 Å². The Morgan fingerprint density at radius 3 is 2.61 bits per heavy atom. The Hall–Kier alpha value is -0.0700. The van der Waals surface area contributed by atoms with Crippen LogP contribution in [0, 0.1) is 9.68 Å². The van der Waals surface area contributed by atoms with Gasteiger partial charge in [-0.15, -0.1) is 0 Å². The monoisotopic (exact) mass is 362 g/mol. The molecule has 102 valence electrons. The standard InChI is InChI=1S/C14H23IN2O/c1-11(2)13(17-7-3-4-8-17)10-16-9-12-5-6-14(15)18-12/h5-6,11,13,16H,3-4,7-10H2,1-2H3. The summed E-state index contributed by atoms with van der Waals surface area (Å²) < 4.78 is 6.52. The molecule has 1 atom stereocenters. The maximum absolute atomic E-state index is 5.56. The summed E-state index contributed by atoms with van der Waals surface area (Å²) >= 11 is 2.20. The molecule has 1 fully saturated rings. The number of furan rings is 1. The lowest BCUT2D eigenvalue weighted by molar-refractivity contribution is 0.185. The molecular weight excluding hydrogens is 339 g/mol. The van der Waals surface area contributed by atoms with Gasteiger partial charge in [-0.2, -0.15) is 0 Å². The van der Waals surface area contributed by atoms with E-state index in [2.05, 4.69) is 52.7 Å². The second-order valence-electron chi connectivity index (χ2n) is 5.39. The molecule has 3 nitrogen and oxygen atoms in total. The van der Waals surface area contributed by atoms with Crippen LogP contribution in [0.5, 0.6) is 0 Å². The predicted octanol–water partition coefficient (Wildman–Crippen LogP) is 3.09. The van der Waals surface area contributed by atoms with Gasteiger partial charge in [-0.05, 0) is 66.6 Å². The molecule has 0 radical (unpaired) electrons. The molecule has 1 aliphatic heterocycles. The SMILES string of the molecule is CC(C)C(CNCc1ccc(I)o1)N1CCCC1. The zero-order valence-corrected chi connectivity index (χ0v) is 13.4. The Morgan fingerprint density at radius 2 is 2.06 bits per heavy atom. The van der Waals surface area contributed by atoms with Gasteiger partial charge in [0.15, 0.2) is 3.77 Å². The quantitative estimate of drug-likeness (QED) is 0.789. The molecule has 0 aromatic carbocycles. The molecule has 2 rings (SSSR count). The zero-order valence-electron chi connectivity index (χ0n) is 11.3. The van der Waals surface area contributed by atoms with Gasteiger partial charge in [0.1, 0.15) is 5.76 Å². The lowest BCUT2D eigenvalue weighted by atomic mass is 10.0. The zero-order chi connectivity index (χ0) is 13.0. The number of halogens is 1. The fraction of sp³-hybridized carbons (Fsp3) is 0.714. The molecule has 0 amide bonds. The van der Waals surface area contributed by atoms with Crippen molar-refractivity contribution in [3.05, 3.63) is 21.7 Å². The van der Waals surface area contributed by atoms with Crippen molar-refractivity contribution in [2.45, 2.75) is 39.3 Å². The van der Waals surface area contributed by atoms with Crippen LogP contribution < -0.4 is 5.32 Å². The van der Waals surface area contributed by atoms with Crippen molar-refractivity contribution in [1.82, 2.24) is 10.2 Å². The lowest BCUT2D eigenvalue weighted by Gasteiger charge is -2.31. The van der Waals surface area contributed by atoms with E-state index in [-0.39, 0.29) is 0 Å². The topological polar surface area (TPSA) is 28.4 Å². The Balaban J connectivity index is 1.78. The summed E-state index contributed by atoms with van der Waals surface area (Å²) in [5.41, 5.74) is 0. The van der Waals surface area contributed by atoms with E-state index in [1.54, 1.807) is 0 Å². The van der Waals surface area contributed by atoms with Crippen LogP contribution in [-0.4, -0.2) is 30.6 Å². The maximum Gasteiger partial charge on any atom is 0.164 e. The molecule has 2 heterocycles. The minimum absolute atomic E-state index is 0.654. The minimum atomic E-state index is 0.654. The Bertz CT molecular complexity index is 358. The van der Waals surface area contributed by atoms with Crippen LogP contribution in [0.1, 0.15) is 32.4 Å². The fourth-order valence-corrected chi connectivity index (χ4v) is 3.11. The molecule has 1 aromatic rings. The van der Waals surface area contributed by atoms with Gasteiger partial charge in [-0.25, -0.2) is 0 Å². The van der Waals surface area contributed by atoms with E-state index < -0.39 is 0 Å². The molecule has 18 heavy (non-hydrogen) atoms. The lowest BCUT2D eigenvalue weighted by Crippen LogP contribution is -2.44. The molecule has 1 saturated heterocycles. The van der Waals surface area contributed by atoms with E-state index in [4.69, 9.17) is 4.42 Å². The van der Waals surface area contributed by atoms with Gasteiger partial charge >= 0.3 is 0 Å². The molecule has 1 N–H and O–H groups in total. The summed E-state index contributed by atoms with van der Waals surface area (Å²) in [6, 6.07) is 4.72. The van der Waals surface area contributed by atoms with Crippen molar-refractivity contribution < 1.29 is 4.42 Å². The number of hydrogen-bond acceptors (Lipinski definition) is 3. The van der Waals surface area contributed by atoms with Gasteiger partial charge < -0.3 is 9.73 Å². The highest BCUT2D eigenvalue weighted by Crippen LogP contribution is 2.17. The molecule has 0 spiro atoms. The van der Waals surface area contributed by atoms with E-state index >= 15 is 0 Å². The van der Waals surface area contributed by atoms with Crippen LogP contribution in [0.4, 0.5) is 0 Å². The van der Waals surface area contributed by atoms with Gasteiger partial charge in [0, 0.05) is 12.6 Å². The van der Waals surface area contributed by atoms with Gasteiger partial charge in [0.25, 0.3) is 0 Å². The van der Waals surface area contributed by atoms with Crippen LogP contribution in [0.3, 0.4) is 0 Å². The summed E-state index contributed by atoms with van der Waals surface area (Å²) in [6.07, 6.45) is 2.72. The summed E-state index contributed by atoms with van der Waals surface area (Å²) in [6.45, 7) is 9.06. The maximum atomic E-state index is 5.56. The first-order valence-corrected chi connectivity index (χ1v) is 7.93. The second kappa shape index (κ2) is 6.91. The molecule has 0 bridgehead atoms. The van der Waals surface area contributed by atoms with E-state index in [1.165, 1.54) is 25.9 Å². The van der Waals surface area contributed by atoms with E-state index in [9.17, 15) is 0 Å². The van der Waals surface area contributed by atoms with Crippen molar-refractivity contribution >= 4 is 22.6 Å². The van der Waals surface area contributed by atoms with Crippen LogP contribution in [0.15, 0.2) is 16.5 Å². The van der Waals surface area contributed by atoms with E-state index in [1.807, 2.05) is 6.07 Å². The molecule has 1 unspecified atom stereocenters. The third-order valence-corrected chi connectivity index (χ3v) is 4.24. The molecule has 4 heteroatoms. The normalized spacial score (nSPS) is 18.7. The van der Waals surface area contributed by atoms with E-state index in [0.717, 1.165) is 22.6 Å². The third kappa shape index (κ3) is 3.96. The van der Waals surface area contributed by atoms with Crippen molar-refractivity contribution in [2.24, 2.45) is 5.92 Å². The van der Waals surface area contributed by atoms with Crippen LogP contribution >= 0.6 is 22.6 Å². The predicted molar refractivity (Wildman–Crippen MR) is 82.6 cm³/mol. The number of likely N-dealkylation sites (tertiary alicyclic amines) is 1. The molecule has 0 aliphatic carbocycles. The van der Waals surface area contributed by atoms with E-state index in [0.29, 0.717) is 12.0 Å². The third-order valence-electron chi connectivity index (χ3n) is 3.66. The van der Waals surface area contributed by atoms with Crippen molar-refractivity contribution in [3.63, 3.8) is 0 Å². The van der Waals surface area contributed by atoms with Crippen LogP contribution in [-0.2, 0) is 6.54 Å².